The number of para-hydroxylation sites is 1. The van der Waals surface area contributed by atoms with E-state index in [0.29, 0.717) is 0 Å². The van der Waals surface area contributed by atoms with Gasteiger partial charge in [-0.1, -0.05) is 31.5 Å². The Morgan fingerprint density at radius 3 is 2.62 bits per heavy atom. The van der Waals surface area contributed by atoms with E-state index < -0.39 is 0 Å². The number of ether oxygens (including phenoxy) is 1. The molecule has 3 rings (SSSR count). The first-order valence-electron chi connectivity index (χ1n) is 7.39. The lowest BCUT2D eigenvalue weighted by Crippen LogP contribution is -2.00. The Kier molecular flexibility index (Phi) is 3.97. The van der Waals surface area contributed by atoms with Crippen molar-refractivity contribution < 1.29 is 4.74 Å². The van der Waals surface area contributed by atoms with Crippen molar-refractivity contribution in [2.45, 2.75) is 33.6 Å². The van der Waals surface area contributed by atoms with Crippen LogP contribution in [-0.2, 0) is 0 Å². The summed E-state index contributed by atoms with van der Waals surface area (Å²) < 4.78 is 7.94. The van der Waals surface area contributed by atoms with E-state index in [1.165, 1.54) is 15.3 Å². The summed E-state index contributed by atoms with van der Waals surface area (Å²) in [5.41, 5.74) is 2.25. The molecular weight excluding hydrogens is 280 g/mol. The van der Waals surface area contributed by atoms with Gasteiger partial charge in [-0.25, -0.2) is 4.68 Å². The maximum atomic E-state index is 5.93. The number of hydrogen-bond donors (Lipinski definition) is 0. The van der Waals surface area contributed by atoms with E-state index in [0.717, 1.165) is 36.4 Å². The fourth-order valence-electron chi connectivity index (χ4n) is 2.54. The molecule has 0 aliphatic heterocycles. The molecule has 3 aromatic rings. The molecule has 0 amide bonds. The van der Waals surface area contributed by atoms with Crippen molar-refractivity contribution in [2.24, 2.45) is 0 Å². The third-order valence-corrected chi connectivity index (χ3v) is 4.59. The molecule has 0 aliphatic rings. The number of rotatable bonds is 5. The molecule has 0 unspecified atom stereocenters. The quantitative estimate of drug-likeness (QED) is 0.628. The van der Waals surface area contributed by atoms with Gasteiger partial charge in [0.1, 0.15) is 0 Å². The molecule has 0 saturated heterocycles. The molecule has 2 aromatic heterocycles. The molecular formula is C17H20N2OS. The molecule has 0 saturated carbocycles. The molecule has 0 atom stereocenters. The van der Waals surface area contributed by atoms with Gasteiger partial charge in [0.2, 0.25) is 5.88 Å². The van der Waals surface area contributed by atoms with Crippen LogP contribution >= 0.6 is 11.3 Å². The lowest BCUT2D eigenvalue weighted by Gasteiger charge is -2.03. The smallest absolute Gasteiger partial charge is 0.242 e. The third-order valence-electron chi connectivity index (χ3n) is 3.58. The van der Waals surface area contributed by atoms with Gasteiger partial charge in [-0.15, -0.1) is 16.4 Å². The van der Waals surface area contributed by atoms with Crippen LogP contribution in [0.5, 0.6) is 5.88 Å². The first-order valence-corrected chi connectivity index (χ1v) is 8.21. The summed E-state index contributed by atoms with van der Waals surface area (Å²) in [4.78, 5) is 2.56. The number of hydrogen-bond acceptors (Lipinski definition) is 3. The predicted octanol–water partition coefficient (Wildman–Crippen LogP) is 4.88. The fraction of sp³-hybridized carbons (Fsp3) is 0.353. The highest BCUT2D eigenvalue weighted by atomic mass is 32.1. The summed E-state index contributed by atoms with van der Waals surface area (Å²) in [6.07, 6.45) is 2.19. The van der Waals surface area contributed by atoms with Gasteiger partial charge in [0.05, 0.1) is 23.2 Å². The lowest BCUT2D eigenvalue weighted by atomic mass is 10.2. The van der Waals surface area contributed by atoms with Crippen LogP contribution in [0.25, 0.3) is 16.6 Å². The standard InChI is InChI=1S/C17H20N2OS/c1-4-5-11-20-17-15-12(2)21-13(3)16(15)19(18-17)14-9-7-6-8-10-14/h6-10H,4-5,11H2,1-3H3. The molecule has 2 heterocycles. The summed E-state index contributed by atoms with van der Waals surface area (Å²) in [5.74, 6) is 0.768. The van der Waals surface area contributed by atoms with Crippen LogP contribution in [0.1, 0.15) is 29.5 Å². The zero-order valence-electron chi connectivity index (χ0n) is 12.7. The number of aryl methyl sites for hydroxylation is 2. The minimum absolute atomic E-state index is 0.728. The van der Waals surface area contributed by atoms with Crippen LogP contribution < -0.4 is 4.74 Å². The molecule has 0 spiro atoms. The van der Waals surface area contributed by atoms with E-state index in [4.69, 9.17) is 9.84 Å². The van der Waals surface area contributed by atoms with Crippen molar-refractivity contribution in [3.8, 4) is 11.6 Å². The molecule has 4 heteroatoms. The second kappa shape index (κ2) is 5.90. The van der Waals surface area contributed by atoms with Gasteiger partial charge in [0.25, 0.3) is 0 Å². The topological polar surface area (TPSA) is 27.1 Å². The minimum Gasteiger partial charge on any atom is -0.476 e. The Morgan fingerprint density at radius 1 is 1.14 bits per heavy atom. The minimum atomic E-state index is 0.728. The molecule has 1 aromatic carbocycles. The highest BCUT2D eigenvalue weighted by Crippen LogP contribution is 2.37. The summed E-state index contributed by atoms with van der Waals surface area (Å²) in [6.45, 7) is 7.19. The van der Waals surface area contributed by atoms with Gasteiger partial charge >= 0.3 is 0 Å². The molecule has 110 valence electrons. The number of unbranched alkanes of at least 4 members (excludes halogenated alkanes) is 1. The normalized spacial score (nSPS) is 11.2. The van der Waals surface area contributed by atoms with Crippen molar-refractivity contribution in [3.05, 3.63) is 40.1 Å². The third kappa shape index (κ3) is 2.56. The van der Waals surface area contributed by atoms with Gasteiger partial charge in [-0.05, 0) is 32.4 Å². The van der Waals surface area contributed by atoms with E-state index in [9.17, 15) is 0 Å². The molecule has 3 nitrogen and oxygen atoms in total. The van der Waals surface area contributed by atoms with Gasteiger partial charge in [0, 0.05) is 9.75 Å². The summed E-state index contributed by atoms with van der Waals surface area (Å²) in [7, 11) is 0. The van der Waals surface area contributed by atoms with Crippen molar-refractivity contribution in [1.29, 1.82) is 0 Å². The zero-order chi connectivity index (χ0) is 14.8. The first kappa shape index (κ1) is 14.1. The van der Waals surface area contributed by atoms with Crippen molar-refractivity contribution in [3.63, 3.8) is 0 Å². The molecule has 21 heavy (non-hydrogen) atoms. The molecule has 0 radical (unpaired) electrons. The Bertz CT molecular complexity index is 743. The fourth-order valence-corrected chi connectivity index (χ4v) is 3.57. The second-order valence-electron chi connectivity index (χ2n) is 5.19. The Balaban J connectivity index is 2.12. The van der Waals surface area contributed by atoms with E-state index >= 15 is 0 Å². The van der Waals surface area contributed by atoms with Crippen molar-refractivity contribution in [1.82, 2.24) is 9.78 Å². The van der Waals surface area contributed by atoms with Gasteiger partial charge in [0.15, 0.2) is 0 Å². The lowest BCUT2D eigenvalue weighted by molar-refractivity contribution is 0.299. The van der Waals surface area contributed by atoms with E-state index in [-0.39, 0.29) is 0 Å². The van der Waals surface area contributed by atoms with Gasteiger partial charge in [-0.2, -0.15) is 0 Å². The number of fused-ring (bicyclic) bond motifs is 1. The molecule has 0 N–H and O–H groups in total. The van der Waals surface area contributed by atoms with Crippen molar-refractivity contribution >= 4 is 22.2 Å². The summed E-state index contributed by atoms with van der Waals surface area (Å²) in [6, 6.07) is 10.3. The number of nitrogens with zero attached hydrogens (tertiary/aromatic N) is 2. The van der Waals surface area contributed by atoms with Crippen LogP contribution in [0.4, 0.5) is 0 Å². The largest absolute Gasteiger partial charge is 0.476 e. The Hall–Kier alpha value is -1.81. The van der Waals surface area contributed by atoms with Gasteiger partial charge in [-0.3, -0.25) is 0 Å². The number of thiophene rings is 1. The Morgan fingerprint density at radius 2 is 1.90 bits per heavy atom. The van der Waals surface area contributed by atoms with Crippen LogP contribution in [0, 0.1) is 13.8 Å². The number of aromatic nitrogens is 2. The van der Waals surface area contributed by atoms with Crippen molar-refractivity contribution in [2.75, 3.05) is 6.61 Å². The summed E-state index contributed by atoms with van der Waals surface area (Å²) in [5, 5.41) is 5.88. The van der Waals surface area contributed by atoms with E-state index in [1.807, 2.05) is 34.2 Å². The average molecular weight is 300 g/mol. The van der Waals surface area contributed by atoms with Crippen LogP contribution in [-0.4, -0.2) is 16.4 Å². The highest BCUT2D eigenvalue weighted by molar-refractivity contribution is 7.13. The van der Waals surface area contributed by atoms with E-state index in [1.54, 1.807) is 0 Å². The second-order valence-corrected chi connectivity index (χ2v) is 6.62. The van der Waals surface area contributed by atoms with E-state index in [2.05, 4.69) is 32.9 Å². The van der Waals surface area contributed by atoms with Gasteiger partial charge < -0.3 is 4.74 Å². The monoisotopic (exact) mass is 300 g/mol. The average Bonchev–Trinajstić information content (AvgIpc) is 3.01. The maximum Gasteiger partial charge on any atom is 0.242 e. The van der Waals surface area contributed by atoms with Crippen LogP contribution in [0.15, 0.2) is 30.3 Å². The molecule has 0 aliphatic carbocycles. The maximum absolute atomic E-state index is 5.93. The molecule has 0 fully saturated rings. The SMILES string of the molecule is CCCCOc1nn(-c2ccccc2)c2c(C)sc(C)c12. The summed E-state index contributed by atoms with van der Waals surface area (Å²) >= 11 is 1.81. The highest BCUT2D eigenvalue weighted by Gasteiger charge is 2.19. The number of benzene rings is 1. The van der Waals surface area contributed by atoms with Crippen LogP contribution in [0.3, 0.4) is 0 Å². The first-order chi connectivity index (χ1) is 10.2. The predicted molar refractivity (Wildman–Crippen MR) is 88.8 cm³/mol. The van der Waals surface area contributed by atoms with Crippen LogP contribution in [0.2, 0.25) is 0 Å². The molecule has 0 bridgehead atoms. The Labute approximate surface area is 129 Å². The zero-order valence-corrected chi connectivity index (χ0v) is 13.5.